The fourth-order valence-corrected chi connectivity index (χ4v) is 3.25. The lowest BCUT2D eigenvalue weighted by Gasteiger charge is -2.22. The summed E-state index contributed by atoms with van der Waals surface area (Å²) in [6, 6.07) is 21.5. The molecule has 0 saturated heterocycles. The monoisotopic (exact) mass is 419 g/mol. The van der Waals surface area contributed by atoms with Gasteiger partial charge in [0.1, 0.15) is 17.4 Å². The minimum Gasteiger partial charge on any atom is -0.334 e. The molecule has 0 radical (unpaired) electrons. The predicted octanol–water partition coefficient (Wildman–Crippen LogP) is 5.40. The summed E-state index contributed by atoms with van der Waals surface area (Å²) in [6.07, 6.45) is 1.67. The van der Waals surface area contributed by atoms with Crippen LogP contribution in [0.25, 0.3) is 5.57 Å². The topological polar surface area (TPSA) is 37.4 Å². The lowest BCUT2D eigenvalue weighted by atomic mass is 9.97. The molecule has 0 unspecified atom stereocenters. The second kappa shape index (κ2) is 10.4. The number of nitrogens with zero attached hydrogens (tertiary/aromatic N) is 1. The van der Waals surface area contributed by atoms with Crippen molar-refractivity contribution in [3.8, 4) is 0 Å². The second-order valence-corrected chi connectivity index (χ2v) is 7.27. The van der Waals surface area contributed by atoms with Crippen molar-refractivity contribution in [1.29, 1.82) is 0 Å². The molecule has 0 atom stereocenters. The molecule has 3 nitrogen and oxygen atoms in total. The van der Waals surface area contributed by atoms with E-state index < -0.39 is 0 Å². The van der Waals surface area contributed by atoms with Gasteiger partial charge in [0, 0.05) is 13.1 Å². The Morgan fingerprint density at radius 3 is 1.81 bits per heavy atom. The van der Waals surface area contributed by atoms with Crippen LogP contribution < -0.4 is 0 Å². The minimum absolute atomic E-state index is 0.177. The molecule has 0 N–H and O–H groups in total. The number of hydrogen-bond donors (Lipinski definition) is 0. The van der Waals surface area contributed by atoms with Gasteiger partial charge < -0.3 is 4.90 Å². The van der Waals surface area contributed by atoms with E-state index in [9.17, 15) is 18.4 Å². The third-order valence-electron chi connectivity index (χ3n) is 4.80. The smallest absolute Gasteiger partial charge is 0.230 e. The number of amides is 1. The van der Waals surface area contributed by atoms with Crippen molar-refractivity contribution >= 4 is 17.3 Å². The summed E-state index contributed by atoms with van der Waals surface area (Å²) in [7, 11) is 0. The number of rotatable bonds is 8. The van der Waals surface area contributed by atoms with E-state index in [0.29, 0.717) is 6.54 Å². The third-order valence-corrected chi connectivity index (χ3v) is 4.80. The fourth-order valence-electron chi connectivity index (χ4n) is 3.25. The van der Waals surface area contributed by atoms with Crippen molar-refractivity contribution in [3.63, 3.8) is 0 Å². The molecule has 31 heavy (non-hydrogen) atoms. The molecule has 3 rings (SSSR count). The highest BCUT2D eigenvalue weighted by Gasteiger charge is 2.16. The largest absolute Gasteiger partial charge is 0.334 e. The molecular formula is C26H23F2NO2. The van der Waals surface area contributed by atoms with Crippen molar-refractivity contribution in [3.05, 3.63) is 113 Å². The van der Waals surface area contributed by atoms with Crippen LogP contribution in [0, 0.1) is 11.6 Å². The van der Waals surface area contributed by atoms with E-state index in [4.69, 9.17) is 0 Å². The van der Waals surface area contributed by atoms with Crippen molar-refractivity contribution in [2.45, 2.75) is 19.9 Å². The molecule has 0 spiro atoms. The van der Waals surface area contributed by atoms with Crippen LogP contribution in [0.3, 0.4) is 0 Å². The van der Waals surface area contributed by atoms with E-state index in [-0.39, 0.29) is 36.3 Å². The Labute approximate surface area is 180 Å². The van der Waals surface area contributed by atoms with E-state index >= 15 is 0 Å². The van der Waals surface area contributed by atoms with Gasteiger partial charge in [-0.3, -0.25) is 9.59 Å². The summed E-state index contributed by atoms with van der Waals surface area (Å²) >= 11 is 0. The van der Waals surface area contributed by atoms with Crippen LogP contribution >= 0.6 is 0 Å². The van der Waals surface area contributed by atoms with Crippen LogP contribution in [-0.4, -0.2) is 23.1 Å². The molecule has 5 heteroatoms. The molecule has 3 aromatic rings. The molecule has 158 valence electrons. The second-order valence-electron chi connectivity index (χ2n) is 7.27. The molecule has 3 aromatic carbocycles. The van der Waals surface area contributed by atoms with Gasteiger partial charge in [-0.15, -0.1) is 0 Å². The Morgan fingerprint density at radius 2 is 1.32 bits per heavy atom. The zero-order chi connectivity index (χ0) is 22.2. The first-order valence-electron chi connectivity index (χ1n) is 9.95. The highest BCUT2D eigenvalue weighted by atomic mass is 19.1. The van der Waals surface area contributed by atoms with Crippen molar-refractivity contribution < 1.29 is 18.4 Å². The Morgan fingerprint density at radius 1 is 0.806 bits per heavy atom. The van der Waals surface area contributed by atoms with Crippen LogP contribution in [0.4, 0.5) is 8.78 Å². The van der Waals surface area contributed by atoms with Gasteiger partial charge in [0.15, 0.2) is 0 Å². The van der Waals surface area contributed by atoms with Gasteiger partial charge in [-0.1, -0.05) is 60.7 Å². The molecule has 0 bridgehead atoms. The zero-order valence-corrected chi connectivity index (χ0v) is 17.2. The number of benzene rings is 3. The summed E-state index contributed by atoms with van der Waals surface area (Å²) in [5, 5.41) is 0. The van der Waals surface area contributed by atoms with E-state index in [1.54, 1.807) is 29.2 Å². The minimum atomic E-state index is -0.357. The average Bonchev–Trinajstić information content (AvgIpc) is 2.75. The van der Waals surface area contributed by atoms with E-state index in [1.165, 1.54) is 31.2 Å². The summed E-state index contributed by atoms with van der Waals surface area (Å²) in [5.41, 5.74) is 3.17. The van der Waals surface area contributed by atoms with Gasteiger partial charge in [0.2, 0.25) is 5.91 Å². The number of carbonyl (C=O) groups excluding carboxylic acids is 2. The molecule has 0 aliphatic heterocycles. The molecule has 0 heterocycles. The van der Waals surface area contributed by atoms with Gasteiger partial charge in [-0.2, -0.15) is 0 Å². The van der Waals surface area contributed by atoms with Gasteiger partial charge in [-0.05, 0) is 53.5 Å². The van der Waals surface area contributed by atoms with Gasteiger partial charge in [0.25, 0.3) is 0 Å². The van der Waals surface area contributed by atoms with Gasteiger partial charge >= 0.3 is 0 Å². The lowest BCUT2D eigenvalue weighted by Crippen LogP contribution is -2.32. The number of hydrogen-bond acceptors (Lipinski definition) is 2. The summed E-state index contributed by atoms with van der Waals surface area (Å²) in [4.78, 5) is 25.8. The Bertz CT molecular complexity index is 1010. The molecule has 0 aliphatic rings. The van der Waals surface area contributed by atoms with E-state index in [2.05, 4.69) is 0 Å². The van der Waals surface area contributed by atoms with Crippen molar-refractivity contribution in [1.82, 2.24) is 4.90 Å². The maximum atomic E-state index is 13.4. The Balaban J connectivity index is 1.94. The van der Waals surface area contributed by atoms with Crippen LogP contribution in [0.1, 0.15) is 30.0 Å². The lowest BCUT2D eigenvalue weighted by molar-refractivity contribution is -0.134. The fraction of sp³-hybridized carbons (Fsp3) is 0.154. The predicted molar refractivity (Wildman–Crippen MR) is 117 cm³/mol. The molecule has 0 aliphatic carbocycles. The molecule has 1 amide bonds. The third kappa shape index (κ3) is 6.44. The highest BCUT2D eigenvalue weighted by Crippen LogP contribution is 2.24. The average molecular weight is 419 g/mol. The van der Waals surface area contributed by atoms with Crippen molar-refractivity contribution in [2.24, 2.45) is 0 Å². The normalized spacial score (nSPS) is 10.4. The maximum absolute atomic E-state index is 13.4. The summed E-state index contributed by atoms with van der Waals surface area (Å²) in [6.45, 7) is 1.98. The first-order valence-corrected chi connectivity index (χ1v) is 9.95. The van der Waals surface area contributed by atoms with E-state index in [1.807, 2.05) is 36.4 Å². The van der Waals surface area contributed by atoms with Crippen LogP contribution in [-0.2, 0) is 16.1 Å². The number of carbonyl (C=O) groups is 2. The number of ketones is 1. The van der Waals surface area contributed by atoms with Crippen molar-refractivity contribution in [2.75, 3.05) is 6.54 Å². The first kappa shape index (κ1) is 22.1. The SMILES string of the molecule is CC(=O)CC(=O)N(CC=C(c1ccc(F)cc1)c1ccc(F)cc1)Cc1ccccc1. The molecule has 0 saturated carbocycles. The van der Waals surface area contributed by atoms with Gasteiger partial charge in [0.05, 0.1) is 6.42 Å². The van der Waals surface area contributed by atoms with E-state index in [0.717, 1.165) is 22.3 Å². The highest BCUT2D eigenvalue weighted by molar-refractivity contribution is 5.97. The molecule has 0 aromatic heterocycles. The van der Waals surface area contributed by atoms with Gasteiger partial charge in [-0.25, -0.2) is 8.78 Å². The molecular weight excluding hydrogens is 396 g/mol. The number of Topliss-reactive ketones (excluding diaryl/α,β-unsaturated/α-hetero) is 1. The Hall–Kier alpha value is -3.60. The zero-order valence-electron chi connectivity index (χ0n) is 17.2. The standard InChI is InChI=1S/C26H23F2NO2/c1-19(30)17-26(31)29(18-20-5-3-2-4-6-20)16-15-25(21-7-11-23(27)12-8-21)22-9-13-24(28)14-10-22/h2-15H,16-18H2,1H3. The first-order chi connectivity index (χ1) is 14.9. The number of halogens is 2. The summed E-state index contributed by atoms with van der Waals surface area (Å²) in [5.74, 6) is -1.19. The van der Waals surface area contributed by atoms with Crippen LogP contribution in [0.2, 0.25) is 0 Å². The Kier molecular flexibility index (Phi) is 7.44. The quantitative estimate of drug-likeness (QED) is 0.458. The summed E-state index contributed by atoms with van der Waals surface area (Å²) < 4.78 is 26.9. The van der Waals surface area contributed by atoms with Crippen LogP contribution in [0.5, 0.6) is 0 Å². The maximum Gasteiger partial charge on any atom is 0.230 e. The van der Waals surface area contributed by atoms with Crippen LogP contribution in [0.15, 0.2) is 84.9 Å². The molecule has 0 fully saturated rings.